The third-order valence-corrected chi connectivity index (χ3v) is 6.69. The Balaban J connectivity index is 1.27. The van der Waals surface area contributed by atoms with Crippen molar-refractivity contribution in [1.82, 2.24) is 15.5 Å². The van der Waals surface area contributed by atoms with Gasteiger partial charge >= 0.3 is 6.09 Å². The molecule has 1 unspecified atom stereocenters. The summed E-state index contributed by atoms with van der Waals surface area (Å²) in [5.74, 6) is 0.919. The second-order valence-corrected chi connectivity index (χ2v) is 9.18. The lowest BCUT2D eigenvalue weighted by molar-refractivity contribution is -0.136. The van der Waals surface area contributed by atoms with Crippen LogP contribution in [0.1, 0.15) is 61.0 Å². The van der Waals surface area contributed by atoms with E-state index in [4.69, 9.17) is 4.74 Å². The van der Waals surface area contributed by atoms with E-state index < -0.39 is 18.0 Å². The number of nitrogens with zero attached hydrogens (tertiary/aromatic N) is 1. The van der Waals surface area contributed by atoms with Gasteiger partial charge in [-0.05, 0) is 54.2 Å². The van der Waals surface area contributed by atoms with Crippen LogP contribution in [0.3, 0.4) is 0 Å². The zero-order chi connectivity index (χ0) is 22.1. The van der Waals surface area contributed by atoms with Crippen molar-refractivity contribution in [2.75, 3.05) is 6.61 Å². The minimum absolute atomic E-state index is 0.224. The van der Waals surface area contributed by atoms with Gasteiger partial charge in [-0.15, -0.1) is 0 Å². The molecule has 1 aliphatic carbocycles. The number of alkyl carbamates (subject to hydrolysis) is 1. The van der Waals surface area contributed by atoms with E-state index in [0.717, 1.165) is 29.9 Å². The fourth-order valence-electron chi connectivity index (χ4n) is 4.60. The number of benzene rings is 1. The second-order valence-electron chi connectivity index (χ2n) is 9.18. The maximum atomic E-state index is 12.9. The Labute approximate surface area is 181 Å². The fourth-order valence-corrected chi connectivity index (χ4v) is 4.60. The predicted molar refractivity (Wildman–Crippen MR) is 112 cm³/mol. The lowest BCUT2D eigenvalue weighted by Gasteiger charge is -2.37. The molecule has 31 heavy (non-hydrogen) atoms. The molecular formula is C23H29N3O5. The van der Waals surface area contributed by atoms with Crippen LogP contribution >= 0.6 is 0 Å². The van der Waals surface area contributed by atoms with Crippen molar-refractivity contribution in [3.63, 3.8) is 0 Å². The first kappa shape index (κ1) is 21.3. The highest BCUT2D eigenvalue weighted by atomic mass is 16.5. The molecule has 4 amide bonds. The first-order valence-corrected chi connectivity index (χ1v) is 11.0. The summed E-state index contributed by atoms with van der Waals surface area (Å²) in [6.45, 7) is 5.49. The number of imide groups is 1. The van der Waals surface area contributed by atoms with Crippen LogP contribution in [-0.2, 0) is 27.4 Å². The van der Waals surface area contributed by atoms with Gasteiger partial charge in [-0.1, -0.05) is 26.0 Å². The van der Waals surface area contributed by atoms with Crippen LogP contribution in [-0.4, -0.2) is 41.4 Å². The van der Waals surface area contributed by atoms with Gasteiger partial charge in [0.2, 0.25) is 11.8 Å². The number of fused-ring (bicyclic) bond motifs is 1. The molecule has 1 saturated heterocycles. The Kier molecular flexibility index (Phi) is 5.98. The molecule has 1 aromatic carbocycles. The van der Waals surface area contributed by atoms with Gasteiger partial charge in [-0.2, -0.15) is 0 Å². The first-order chi connectivity index (χ1) is 14.8. The van der Waals surface area contributed by atoms with Crippen molar-refractivity contribution >= 4 is 23.8 Å². The van der Waals surface area contributed by atoms with Crippen molar-refractivity contribution < 1.29 is 23.9 Å². The number of hydrogen-bond donors (Lipinski definition) is 2. The van der Waals surface area contributed by atoms with E-state index in [9.17, 15) is 19.2 Å². The number of piperidine rings is 1. The molecule has 1 atom stereocenters. The topological polar surface area (TPSA) is 105 Å². The molecule has 0 aromatic heterocycles. The Morgan fingerprint density at radius 2 is 2.03 bits per heavy atom. The van der Waals surface area contributed by atoms with Gasteiger partial charge < -0.3 is 15.0 Å². The van der Waals surface area contributed by atoms with Gasteiger partial charge in [0, 0.05) is 25.1 Å². The fraction of sp³-hybridized carbons (Fsp3) is 0.565. The SMILES string of the molecule is CC(C)C1CC(COC(=O)NCc2ccc3c(c2)C(=O)N(C2CCC(=O)NC2=O)C3)C1. The summed E-state index contributed by atoms with van der Waals surface area (Å²) in [5, 5.41) is 5.04. The average Bonchev–Trinajstić information content (AvgIpc) is 3.01. The van der Waals surface area contributed by atoms with E-state index in [-0.39, 0.29) is 24.8 Å². The summed E-state index contributed by atoms with van der Waals surface area (Å²) in [5.41, 5.74) is 2.16. The summed E-state index contributed by atoms with van der Waals surface area (Å²) in [6, 6.07) is 4.83. The molecule has 166 valence electrons. The molecule has 8 nitrogen and oxygen atoms in total. The molecule has 0 spiro atoms. The van der Waals surface area contributed by atoms with E-state index >= 15 is 0 Å². The van der Waals surface area contributed by atoms with E-state index in [0.29, 0.717) is 37.0 Å². The molecule has 4 rings (SSSR count). The van der Waals surface area contributed by atoms with Crippen LogP contribution in [0.15, 0.2) is 18.2 Å². The normalized spacial score (nSPS) is 25.2. The van der Waals surface area contributed by atoms with E-state index in [1.165, 1.54) is 4.90 Å². The molecule has 2 N–H and O–H groups in total. The lowest BCUT2D eigenvalue weighted by Crippen LogP contribution is -2.52. The maximum Gasteiger partial charge on any atom is 0.407 e. The minimum atomic E-state index is -0.629. The van der Waals surface area contributed by atoms with Crippen molar-refractivity contribution in [3.05, 3.63) is 34.9 Å². The Bertz CT molecular complexity index is 906. The van der Waals surface area contributed by atoms with Crippen LogP contribution in [0.4, 0.5) is 4.79 Å². The highest BCUT2D eigenvalue weighted by molar-refractivity contribution is 6.05. The van der Waals surface area contributed by atoms with Crippen molar-refractivity contribution in [2.45, 2.75) is 58.7 Å². The van der Waals surface area contributed by atoms with Crippen molar-refractivity contribution in [2.24, 2.45) is 17.8 Å². The van der Waals surface area contributed by atoms with Gasteiger partial charge in [0.25, 0.3) is 5.91 Å². The van der Waals surface area contributed by atoms with Gasteiger partial charge in [0.05, 0.1) is 6.61 Å². The summed E-state index contributed by atoms with van der Waals surface area (Å²) in [6.07, 6.45) is 2.34. The number of rotatable bonds is 6. The zero-order valence-electron chi connectivity index (χ0n) is 18.0. The Hall–Kier alpha value is -2.90. The smallest absolute Gasteiger partial charge is 0.407 e. The largest absolute Gasteiger partial charge is 0.449 e. The number of carbonyl (C=O) groups excluding carboxylic acids is 4. The highest BCUT2D eigenvalue weighted by Crippen LogP contribution is 2.38. The Morgan fingerprint density at radius 3 is 2.74 bits per heavy atom. The van der Waals surface area contributed by atoms with Crippen LogP contribution in [0.2, 0.25) is 0 Å². The molecule has 8 heteroatoms. The van der Waals surface area contributed by atoms with Crippen LogP contribution in [0.5, 0.6) is 0 Å². The molecule has 2 heterocycles. The number of hydrogen-bond acceptors (Lipinski definition) is 5. The van der Waals surface area contributed by atoms with Crippen LogP contribution in [0, 0.1) is 17.8 Å². The lowest BCUT2D eigenvalue weighted by atomic mass is 9.70. The summed E-state index contributed by atoms with van der Waals surface area (Å²) < 4.78 is 5.33. The summed E-state index contributed by atoms with van der Waals surface area (Å²) >= 11 is 0. The van der Waals surface area contributed by atoms with Gasteiger partial charge in [0.1, 0.15) is 6.04 Å². The Morgan fingerprint density at radius 1 is 1.26 bits per heavy atom. The first-order valence-electron chi connectivity index (χ1n) is 11.0. The van der Waals surface area contributed by atoms with E-state index in [1.807, 2.05) is 12.1 Å². The average molecular weight is 428 g/mol. The summed E-state index contributed by atoms with van der Waals surface area (Å²) in [7, 11) is 0. The third kappa shape index (κ3) is 4.57. The van der Waals surface area contributed by atoms with Crippen LogP contribution < -0.4 is 10.6 Å². The van der Waals surface area contributed by atoms with Crippen molar-refractivity contribution in [3.8, 4) is 0 Å². The molecule has 0 radical (unpaired) electrons. The highest BCUT2D eigenvalue weighted by Gasteiger charge is 2.39. The monoisotopic (exact) mass is 427 g/mol. The standard InChI is InChI=1S/C23H29N3O5/c1-13(2)17-7-15(8-17)12-31-23(30)24-10-14-3-4-16-11-26(22(29)18(16)9-14)19-5-6-20(27)25-21(19)28/h3-4,9,13,15,17,19H,5-8,10-12H2,1-2H3,(H,24,30)(H,25,27,28). The number of ether oxygens (including phenoxy) is 1. The quantitative estimate of drug-likeness (QED) is 0.678. The number of amides is 4. The number of carbonyl (C=O) groups is 4. The molecule has 2 fully saturated rings. The number of nitrogens with one attached hydrogen (secondary N) is 2. The molecule has 2 aliphatic heterocycles. The van der Waals surface area contributed by atoms with E-state index in [1.54, 1.807) is 6.07 Å². The molecule has 3 aliphatic rings. The predicted octanol–water partition coefficient (Wildman–Crippen LogP) is 2.36. The molecular weight excluding hydrogens is 398 g/mol. The second kappa shape index (κ2) is 8.69. The maximum absolute atomic E-state index is 12.9. The van der Waals surface area contributed by atoms with Crippen molar-refractivity contribution in [1.29, 1.82) is 0 Å². The van der Waals surface area contributed by atoms with Gasteiger partial charge in [0.15, 0.2) is 0 Å². The van der Waals surface area contributed by atoms with Crippen LogP contribution in [0.25, 0.3) is 0 Å². The summed E-state index contributed by atoms with van der Waals surface area (Å²) in [4.78, 5) is 49.9. The van der Waals surface area contributed by atoms with Gasteiger partial charge in [-0.3, -0.25) is 19.7 Å². The zero-order valence-corrected chi connectivity index (χ0v) is 18.0. The minimum Gasteiger partial charge on any atom is -0.449 e. The van der Waals surface area contributed by atoms with E-state index in [2.05, 4.69) is 24.5 Å². The third-order valence-electron chi connectivity index (χ3n) is 6.69. The molecule has 1 aromatic rings. The molecule has 0 bridgehead atoms. The molecule has 1 saturated carbocycles. The van der Waals surface area contributed by atoms with Gasteiger partial charge in [-0.25, -0.2) is 4.79 Å².